The number of hydrogen-bond donors (Lipinski definition) is 1. The molecule has 1 aliphatic rings. The zero-order valence-corrected chi connectivity index (χ0v) is 8.40. The second kappa shape index (κ2) is 4.59. The average Bonchev–Trinajstić information content (AvgIpc) is 2.29. The third-order valence-corrected chi connectivity index (χ3v) is 2.52. The molecule has 1 fully saturated rings. The molecule has 3 nitrogen and oxygen atoms in total. The van der Waals surface area contributed by atoms with Gasteiger partial charge in [0.1, 0.15) is 5.82 Å². The van der Waals surface area contributed by atoms with Crippen molar-refractivity contribution in [2.45, 2.75) is 6.10 Å². The average molecular weight is 211 g/mol. The van der Waals surface area contributed by atoms with Crippen LogP contribution in [0.4, 0.5) is 10.1 Å². The number of aliphatic hydroxyl groups excluding tert-OH is 1. The van der Waals surface area contributed by atoms with Crippen molar-refractivity contribution in [1.29, 1.82) is 0 Å². The van der Waals surface area contributed by atoms with Gasteiger partial charge in [-0.05, 0) is 18.2 Å². The van der Waals surface area contributed by atoms with Gasteiger partial charge >= 0.3 is 0 Å². The summed E-state index contributed by atoms with van der Waals surface area (Å²) in [7, 11) is 0. The molecule has 1 aromatic carbocycles. The predicted octanol–water partition coefficient (Wildman–Crippen LogP) is 1.02. The summed E-state index contributed by atoms with van der Waals surface area (Å²) in [5.41, 5.74) is 0.844. The smallest absolute Gasteiger partial charge is 0.125 e. The molecule has 0 amide bonds. The molecule has 0 radical (unpaired) electrons. The Morgan fingerprint density at radius 1 is 1.53 bits per heavy atom. The fourth-order valence-corrected chi connectivity index (χ4v) is 1.74. The number of morpholine rings is 1. The number of aliphatic hydroxyl groups is 1. The van der Waals surface area contributed by atoms with Gasteiger partial charge in [-0.1, -0.05) is 6.07 Å². The second-order valence-corrected chi connectivity index (χ2v) is 3.60. The third-order valence-electron chi connectivity index (χ3n) is 2.52. The van der Waals surface area contributed by atoms with E-state index in [1.807, 2.05) is 11.0 Å². The fourth-order valence-electron chi connectivity index (χ4n) is 1.74. The van der Waals surface area contributed by atoms with Crippen molar-refractivity contribution in [3.05, 3.63) is 30.1 Å². The van der Waals surface area contributed by atoms with E-state index >= 15 is 0 Å². The van der Waals surface area contributed by atoms with E-state index in [0.29, 0.717) is 13.2 Å². The first kappa shape index (κ1) is 10.4. The van der Waals surface area contributed by atoms with Crippen molar-refractivity contribution in [1.82, 2.24) is 0 Å². The van der Waals surface area contributed by atoms with Crippen LogP contribution in [0.3, 0.4) is 0 Å². The van der Waals surface area contributed by atoms with Gasteiger partial charge in [0.25, 0.3) is 0 Å². The molecule has 4 heteroatoms. The Hall–Kier alpha value is -1.13. The number of rotatable bonds is 2. The molecular weight excluding hydrogens is 197 g/mol. The van der Waals surface area contributed by atoms with Gasteiger partial charge in [0.2, 0.25) is 0 Å². The lowest BCUT2D eigenvalue weighted by molar-refractivity contribution is 0.00355. The van der Waals surface area contributed by atoms with E-state index in [9.17, 15) is 4.39 Å². The Morgan fingerprint density at radius 3 is 3.13 bits per heavy atom. The molecule has 1 aliphatic heterocycles. The molecule has 1 N–H and O–H groups in total. The van der Waals surface area contributed by atoms with Crippen LogP contribution in [0, 0.1) is 5.82 Å². The maximum absolute atomic E-state index is 13.0. The summed E-state index contributed by atoms with van der Waals surface area (Å²) in [4.78, 5) is 2.02. The van der Waals surface area contributed by atoms with Crippen LogP contribution in [0.5, 0.6) is 0 Å². The van der Waals surface area contributed by atoms with E-state index in [0.717, 1.165) is 12.2 Å². The fraction of sp³-hybridized carbons (Fsp3) is 0.455. The Morgan fingerprint density at radius 2 is 2.40 bits per heavy atom. The highest BCUT2D eigenvalue weighted by atomic mass is 19.1. The summed E-state index contributed by atoms with van der Waals surface area (Å²) in [6, 6.07) is 6.48. The maximum Gasteiger partial charge on any atom is 0.125 e. The number of hydrogen-bond acceptors (Lipinski definition) is 3. The first-order valence-electron chi connectivity index (χ1n) is 5.02. The van der Waals surface area contributed by atoms with E-state index in [4.69, 9.17) is 9.84 Å². The summed E-state index contributed by atoms with van der Waals surface area (Å²) in [6.07, 6.45) is -0.165. The standard InChI is InChI=1S/C11H14FNO2/c12-9-2-1-3-10(6-9)13-4-5-15-11(7-13)8-14/h1-3,6,11,14H,4-5,7-8H2. The first-order valence-corrected chi connectivity index (χ1v) is 5.02. The first-order chi connectivity index (χ1) is 7.29. The predicted molar refractivity (Wildman–Crippen MR) is 55.4 cm³/mol. The molecule has 0 aliphatic carbocycles. The number of nitrogens with zero attached hydrogens (tertiary/aromatic N) is 1. The molecule has 0 spiro atoms. The van der Waals surface area contributed by atoms with E-state index < -0.39 is 0 Å². The van der Waals surface area contributed by atoms with Gasteiger partial charge in [0.15, 0.2) is 0 Å². The number of benzene rings is 1. The van der Waals surface area contributed by atoms with Crippen molar-refractivity contribution in [2.75, 3.05) is 31.2 Å². The van der Waals surface area contributed by atoms with Crippen molar-refractivity contribution in [2.24, 2.45) is 0 Å². The lowest BCUT2D eigenvalue weighted by Crippen LogP contribution is -2.44. The number of ether oxygens (including phenoxy) is 1. The molecule has 1 heterocycles. The number of anilines is 1. The summed E-state index contributed by atoms with van der Waals surface area (Å²) in [6.45, 7) is 1.92. The molecule has 82 valence electrons. The molecule has 1 aromatic rings. The van der Waals surface area contributed by atoms with Crippen molar-refractivity contribution in [3.8, 4) is 0 Å². The van der Waals surface area contributed by atoms with Crippen molar-refractivity contribution in [3.63, 3.8) is 0 Å². The number of halogens is 1. The zero-order chi connectivity index (χ0) is 10.7. The van der Waals surface area contributed by atoms with Crippen LogP contribution in [0.1, 0.15) is 0 Å². The van der Waals surface area contributed by atoms with Crippen LogP contribution in [-0.2, 0) is 4.74 Å². The highest BCUT2D eigenvalue weighted by Gasteiger charge is 2.19. The van der Waals surface area contributed by atoms with Crippen LogP contribution in [0.25, 0.3) is 0 Å². The van der Waals surface area contributed by atoms with Crippen LogP contribution in [0.15, 0.2) is 24.3 Å². The summed E-state index contributed by atoms with van der Waals surface area (Å²) >= 11 is 0. The quantitative estimate of drug-likeness (QED) is 0.792. The van der Waals surface area contributed by atoms with Crippen LogP contribution in [-0.4, -0.2) is 37.5 Å². The molecule has 1 unspecified atom stereocenters. The Labute approximate surface area is 88.1 Å². The van der Waals surface area contributed by atoms with Gasteiger partial charge in [0.05, 0.1) is 19.3 Å². The lowest BCUT2D eigenvalue weighted by atomic mass is 10.2. The van der Waals surface area contributed by atoms with E-state index in [2.05, 4.69) is 0 Å². The van der Waals surface area contributed by atoms with Crippen molar-refractivity contribution >= 4 is 5.69 Å². The summed E-state index contributed by atoms with van der Waals surface area (Å²) < 4.78 is 18.3. The largest absolute Gasteiger partial charge is 0.394 e. The van der Waals surface area contributed by atoms with E-state index in [-0.39, 0.29) is 18.5 Å². The molecule has 1 atom stereocenters. The van der Waals surface area contributed by atoms with Gasteiger partial charge in [-0.15, -0.1) is 0 Å². The Balaban J connectivity index is 2.09. The Kier molecular flexibility index (Phi) is 3.18. The van der Waals surface area contributed by atoms with Gasteiger partial charge in [-0.3, -0.25) is 0 Å². The highest BCUT2D eigenvalue weighted by Crippen LogP contribution is 2.18. The molecule has 1 saturated heterocycles. The van der Waals surface area contributed by atoms with Gasteiger partial charge < -0.3 is 14.7 Å². The maximum atomic E-state index is 13.0. The Bertz CT molecular complexity index is 332. The van der Waals surface area contributed by atoms with E-state index in [1.54, 1.807) is 6.07 Å². The van der Waals surface area contributed by atoms with Crippen LogP contribution >= 0.6 is 0 Å². The lowest BCUT2D eigenvalue weighted by Gasteiger charge is -2.33. The topological polar surface area (TPSA) is 32.7 Å². The van der Waals surface area contributed by atoms with Crippen LogP contribution < -0.4 is 4.90 Å². The van der Waals surface area contributed by atoms with Crippen molar-refractivity contribution < 1.29 is 14.2 Å². The van der Waals surface area contributed by atoms with E-state index in [1.165, 1.54) is 12.1 Å². The third kappa shape index (κ3) is 2.46. The molecule has 0 aromatic heterocycles. The van der Waals surface area contributed by atoms with Gasteiger partial charge in [0, 0.05) is 18.8 Å². The minimum atomic E-state index is -0.237. The molecule has 15 heavy (non-hydrogen) atoms. The molecular formula is C11H14FNO2. The SMILES string of the molecule is OCC1CN(c2cccc(F)c2)CCO1. The molecule has 0 saturated carbocycles. The normalized spacial score (nSPS) is 21.7. The summed E-state index contributed by atoms with van der Waals surface area (Å²) in [5.74, 6) is -0.237. The highest BCUT2D eigenvalue weighted by molar-refractivity contribution is 5.46. The van der Waals surface area contributed by atoms with Crippen LogP contribution in [0.2, 0.25) is 0 Å². The second-order valence-electron chi connectivity index (χ2n) is 3.60. The monoisotopic (exact) mass is 211 g/mol. The minimum Gasteiger partial charge on any atom is -0.394 e. The molecule has 0 bridgehead atoms. The minimum absolute atomic E-state index is 0.00577. The summed E-state index contributed by atoms with van der Waals surface area (Å²) in [5, 5.41) is 8.98. The zero-order valence-electron chi connectivity index (χ0n) is 8.40. The molecule has 2 rings (SSSR count). The van der Waals surface area contributed by atoms with Gasteiger partial charge in [-0.25, -0.2) is 4.39 Å². The van der Waals surface area contributed by atoms with Gasteiger partial charge in [-0.2, -0.15) is 0 Å².